The van der Waals surface area contributed by atoms with Crippen LogP contribution in [0.15, 0.2) is 0 Å². The van der Waals surface area contributed by atoms with Gasteiger partial charge in [-0.3, -0.25) is 9.64 Å². The van der Waals surface area contributed by atoms with Crippen molar-refractivity contribution in [3.8, 4) is 0 Å². The Labute approximate surface area is 92.4 Å². The van der Waals surface area contributed by atoms with Crippen molar-refractivity contribution in [2.75, 3.05) is 19.7 Å². The molecular formula is C8H15F3N2OS. The van der Waals surface area contributed by atoms with Gasteiger partial charge < -0.3 is 5.73 Å². The Kier molecular flexibility index (Phi) is 6.07. The number of thiocarbonyl (C=S) groups is 1. The van der Waals surface area contributed by atoms with Crippen LogP contribution in [0.25, 0.3) is 0 Å². The van der Waals surface area contributed by atoms with Gasteiger partial charge in [0.05, 0.1) is 11.6 Å². The monoisotopic (exact) mass is 244 g/mol. The van der Waals surface area contributed by atoms with Crippen molar-refractivity contribution < 1.29 is 17.9 Å². The molecule has 3 nitrogen and oxygen atoms in total. The predicted octanol–water partition coefficient (Wildman–Crippen LogP) is 1.52. The summed E-state index contributed by atoms with van der Waals surface area (Å²) >= 11 is 4.69. The van der Waals surface area contributed by atoms with Crippen molar-refractivity contribution in [3.63, 3.8) is 0 Å². The van der Waals surface area contributed by atoms with Crippen LogP contribution in [-0.4, -0.2) is 42.0 Å². The van der Waals surface area contributed by atoms with E-state index in [4.69, 9.17) is 5.73 Å². The Morgan fingerprint density at radius 3 is 2.33 bits per heavy atom. The molecule has 0 aliphatic heterocycles. The fourth-order valence-electron chi connectivity index (χ4n) is 0.999. The van der Waals surface area contributed by atoms with Crippen LogP contribution >= 0.6 is 12.2 Å². The number of nitrogens with zero attached hydrogens (tertiary/aromatic N) is 1. The summed E-state index contributed by atoms with van der Waals surface area (Å²) in [6, 6.07) is 0.0725. The Balaban J connectivity index is 3.92. The van der Waals surface area contributed by atoms with Crippen molar-refractivity contribution in [1.29, 1.82) is 0 Å². The van der Waals surface area contributed by atoms with Gasteiger partial charge in [0.1, 0.15) is 0 Å². The van der Waals surface area contributed by atoms with Crippen molar-refractivity contribution in [1.82, 2.24) is 4.90 Å². The summed E-state index contributed by atoms with van der Waals surface area (Å²) in [6.07, 6.45) is -4.58. The van der Waals surface area contributed by atoms with E-state index in [0.717, 1.165) is 0 Å². The minimum Gasteiger partial charge on any atom is -0.392 e. The third kappa shape index (κ3) is 8.59. The highest BCUT2D eigenvalue weighted by atomic mass is 32.1. The maximum Gasteiger partial charge on any atom is 0.522 e. The first kappa shape index (κ1) is 14.6. The molecule has 0 aliphatic carbocycles. The molecule has 0 fully saturated rings. The van der Waals surface area contributed by atoms with Gasteiger partial charge in [-0.15, -0.1) is 13.2 Å². The maximum absolute atomic E-state index is 11.7. The SMILES string of the molecule is CC(C)N(CCOC(F)(F)F)CC(N)=S. The highest BCUT2D eigenvalue weighted by molar-refractivity contribution is 7.80. The molecule has 0 heterocycles. The molecule has 0 bridgehead atoms. The van der Waals surface area contributed by atoms with E-state index in [1.165, 1.54) is 0 Å². The lowest BCUT2D eigenvalue weighted by molar-refractivity contribution is -0.325. The number of nitrogens with two attached hydrogens (primary N) is 1. The summed E-state index contributed by atoms with van der Waals surface area (Å²) in [5.41, 5.74) is 5.32. The Morgan fingerprint density at radius 1 is 1.47 bits per heavy atom. The van der Waals surface area contributed by atoms with Gasteiger partial charge in [0, 0.05) is 19.1 Å². The molecule has 2 N–H and O–H groups in total. The zero-order valence-electron chi connectivity index (χ0n) is 8.67. The molecule has 0 saturated heterocycles. The lowest BCUT2D eigenvalue weighted by Gasteiger charge is -2.25. The van der Waals surface area contributed by atoms with E-state index in [2.05, 4.69) is 17.0 Å². The third-order valence-electron chi connectivity index (χ3n) is 1.73. The molecule has 0 aromatic heterocycles. The zero-order valence-corrected chi connectivity index (χ0v) is 9.49. The van der Waals surface area contributed by atoms with Gasteiger partial charge in [-0.1, -0.05) is 12.2 Å². The Bertz CT molecular complexity index is 209. The van der Waals surface area contributed by atoms with E-state index >= 15 is 0 Å². The van der Waals surface area contributed by atoms with Crippen LogP contribution in [0.1, 0.15) is 13.8 Å². The average Bonchev–Trinajstić information content (AvgIpc) is 1.99. The van der Waals surface area contributed by atoms with Gasteiger partial charge in [0.2, 0.25) is 0 Å². The second-order valence-electron chi connectivity index (χ2n) is 3.32. The summed E-state index contributed by atoms with van der Waals surface area (Å²) in [7, 11) is 0. The normalized spacial score (nSPS) is 12.5. The van der Waals surface area contributed by atoms with E-state index in [9.17, 15) is 13.2 Å². The highest BCUT2D eigenvalue weighted by Crippen LogP contribution is 2.15. The first-order valence-electron chi connectivity index (χ1n) is 4.45. The van der Waals surface area contributed by atoms with E-state index < -0.39 is 13.0 Å². The Hall–Kier alpha value is -0.400. The number of halogens is 3. The maximum atomic E-state index is 11.7. The van der Waals surface area contributed by atoms with Gasteiger partial charge in [0.15, 0.2) is 0 Å². The van der Waals surface area contributed by atoms with E-state index in [1.54, 1.807) is 4.90 Å². The molecule has 15 heavy (non-hydrogen) atoms. The first-order chi connectivity index (χ1) is 6.72. The fourth-order valence-corrected chi connectivity index (χ4v) is 1.16. The lowest BCUT2D eigenvalue weighted by atomic mass is 10.3. The van der Waals surface area contributed by atoms with Gasteiger partial charge in [-0.25, -0.2) is 0 Å². The number of ether oxygens (including phenoxy) is 1. The van der Waals surface area contributed by atoms with Crippen LogP contribution < -0.4 is 5.73 Å². The fraction of sp³-hybridized carbons (Fsp3) is 0.875. The van der Waals surface area contributed by atoms with Crippen molar-refractivity contribution in [3.05, 3.63) is 0 Å². The molecule has 0 rings (SSSR count). The quantitative estimate of drug-likeness (QED) is 0.719. The first-order valence-corrected chi connectivity index (χ1v) is 4.86. The van der Waals surface area contributed by atoms with Crippen LogP contribution in [0, 0.1) is 0 Å². The lowest BCUT2D eigenvalue weighted by Crippen LogP contribution is -2.40. The number of hydrogen-bond acceptors (Lipinski definition) is 3. The molecule has 0 unspecified atom stereocenters. The molecule has 0 amide bonds. The van der Waals surface area contributed by atoms with Crippen LogP contribution in [0.3, 0.4) is 0 Å². The molecule has 0 atom stereocenters. The third-order valence-corrected chi connectivity index (χ3v) is 1.86. The van der Waals surface area contributed by atoms with Crippen molar-refractivity contribution >= 4 is 17.2 Å². The smallest absolute Gasteiger partial charge is 0.392 e. The molecule has 0 aromatic carbocycles. The van der Waals surface area contributed by atoms with E-state index in [0.29, 0.717) is 6.54 Å². The molecule has 0 saturated carbocycles. The number of alkyl halides is 3. The van der Waals surface area contributed by atoms with Crippen molar-refractivity contribution in [2.24, 2.45) is 5.73 Å². The summed E-state index contributed by atoms with van der Waals surface area (Å²) in [5, 5.41) is 0. The predicted molar refractivity (Wildman–Crippen MR) is 55.5 cm³/mol. The second-order valence-corrected chi connectivity index (χ2v) is 3.85. The summed E-state index contributed by atoms with van der Waals surface area (Å²) in [6.45, 7) is 3.74. The minimum absolute atomic E-state index is 0.0725. The van der Waals surface area contributed by atoms with Gasteiger partial charge >= 0.3 is 6.36 Å². The van der Waals surface area contributed by atoms with Gasteiger partial charge in [-0.05, 0) is 13.8 Å². The summed E-state index contributed by atoms with van der Waals surface area (Å²) in [4.78, 5) is 1.98. The Morgan fingerprint density at radius 2 is 2.00 bits per heavy atom. The van der Waals surface area contributed by atoms with Crippen molar-refractivity contribution in [2.45, 2.75) is 26.3 Å². The molecule has 0 aliphatic rings. The molecule has 90 valence electrons. The standard InChI is InChI=1S/C8H15F3N2OS/c1-6(2)13(5-7(12)15)3-4-14-8(9,10)11/h6H,3-5H2,1-2H3,(H2,12,15). The van der Waals surface area contributed by atoms with Crippen LogP contribution in [0.4, 0.5) is 13.2 Å². The zero-order chi connectivity index (χ0) is 12.1. The second kappa shape index (κ2) is 6.24. The van der Waals surface area contributed by atoms with E-state index in [-0.39, 0.29) is 17.6 Å². The topological polar surface area (TPSA) is 38.5 Å². The average molecular weight is 244 g/mol. The van der Waals surface area contributed by atoms with Gasteiger partial charge in [-0.2, -0.15) is 0 Å². The highest BCUT2D eigenvalue weighted by Gasteiger charge is 2.29. The molecule has 7 heteroatoms. The van der Waals surface area contributed by atoms with Crippen LogP contribution in [0.5, 0.6) is 0 Å². The van der Waals surface area contributed by atoms with Crippen LogP contribution in [0.2, 0.25) is 0 Å². The summed E-state index contributed by atoms with van der Waals surface area (Å²) in [5.74, 6) is 0. The van der Waals surface area contributed by atoms with Crippen LogP contribution in [-0.2, 0) is 4.74 Å². The molecular weight excluding hydrogens is 229 g/mol. The molecule has 0 spiro atoms. The van der Waals surface area contributed by atoms with Gasteiger partial charge in [0.25, 0.3) is 0 Å². The minimum atomic E-state index is -4.58. The summed E-state index contributed by atoms with van der Waals surface area (Å²) < 4.78 is 38.7. The number of rotatable bonds is 6. The molecule has 0 aromatic rings. The largest absolute Gasteiger partial charge is 0.522 e. The molecule has 0 radical (unpaired) electrons. The number of hydrogen-bond donors (Lipinski definition) is 1. The van der Waals surface area contributed by atoms with E-state index in [1.807, 2.05) is 13.8 Å².